The van der Waals surface area contributed by atoms with E-state index >= 15 is 0 Å². The van der Waals surface area contributed by atoms with E-state index in [4.69, 9.17) is 0 Å². The van der Waals surface area contributed by atoms with E-state index in [-0.39, 0.29) is 17.4 Å². The number of rotatable bonds is 2. The lowest BCUT2D eigenvalue weighted by Crippen LogP contribution is -2.49. The van der Waals surface area contributed by atoms with Gasteiger partial charge in [0.2, 0.25) is 0 Å². The molecule has 0 radical (unpaired) electrons. The first-order valence-electron chi connectivity index (χ1n) is 8.98. The van der Waals surface area contributed by atoms with E-state index in [9.17, 15) is 9.59 Å². The van der Waals surface area contributed by atoms with Gasteiger partial charge in [0.1, 0.15) is 5.69 Å². The summed E-state index contributed by atoms with van der Waals surface area (Å²) in [7, 11) is 0. The number of nitrogens with zero attached hydrogens (tertiary/aromatic N) is 3. The Labute approximate surface area is 147 Å². The van der Waals surface area contributed by atoms with Crippen molar-refractivity contribution in [2.75, 3.05) is 13.1 Å². The van der Waals surface area contributed by atoms with Gasteiger partial charge in [0, 0.05) is 43.5 Å². The van der Waals surface area contributed by atoms with Gasteiger partial charge in [-0.25, -0.2) is 0 Å². The van der Waals surface area contributed by atoms with Gasteiger partial charge in [0.05, 0.1) is 0 Å². The summed E-state index contributed by atoms with van der Waals surface area (Å²) < 4.78 is 1.89. The average Bonchev–Trinajstić information content (AvgIpc) is 2.62. The maximum absolute atomic E-state index is 12.9. The maximum atomic E-state index is 12.9. The van der Waals surface area contributed by atoms with Crippen molar-refractivity contribution in [2.24, 2.45) is 5.92 Å². The second-order valence-corrected chi connectivity index (χ2v) is 7.54. The monoisotopic (exact) mass is 337 g/mol. The first kappa shape index (κ1) is 16.1. The number of amides is 1. The quantitative estimate of drug-likeness (QED) is 0.846. The summed E-state index contributed by atoms with van der Waals surface area (Å²) >= 11 is 0. The Kier molecular flexibility index (Phi) is 3.94. The van der Waals surface area contributed by atoms with Gasteiger partial charge in [0.25, 0.3) is 11.5 Å². The normalized spacial score (nSPS) is 22.0. The Hall–Kier alpha value is -2.43. The van der Waals surface area contributed by atoms with Gasteiger partial charge in [-0.15, -0.1) is 0 Å². The number of hydrogen-bond donors (Lipinski definition) is 0. The smallest absolute Gasteiger partial charge is 0.272 e. The van der Waals surface area contributed by atoms with Crippen LogP contribution >= 0.6 is 0 Å². The van der Waals surface area contributed by atoms with Crippen molar-refractivity contribution in [2.45, 2.75) is 38.6 Å². The maximum Gasteiger partial charge on any atom is 0.272 e. The summed E-state index contributed by atoms with van der Waals surface area (Å²) in [5, 5.41) is 0. The summed E-state index contributed by atoms with van der Waals surface area (Å²) in [6, 6.07) is 9.28. The molecule has 0 saturated carbocycles. The van der Waals surface area contributed by atoms with Crippen LogP contribution in [0.3, 0.4) is 0 Å². The third kappa shape index (κ3) is 2.88. The van der Waals surface area contributed by atoms with E-state index in [0.29, 0.717) is 37.2 Å². The van der Waals surface area contributed by atoms with Crippen molar-refractivity contribution in [3.05, 3.63) is 63.8 Å². The lowest BCUT2D eigenvalue weighted by atomic mass is 9.83. The van der Waals surface area contributed by atoms with Crippen molar-refractivity contribution in [3.8, 4) is 0 Å². The SMILES string of the molecule is CC(C)c1ccc(C(=O)N2C[C@@H]3C[C@H](C2)c2cccc(=O)n2C3)nc1. The molecule has 0 N–H and O–H groups in total. The molecule has 130 valence electrons. The third-order valence-corrected chi connectivity index (χ3v) is 5.44. The minimum absolute atomic E-state index is 0.00302. The molecule has 25 heavy (non-hydrogen) atoms. The van der Waals surface area contributed by atoms with Crippen molar-refractivity contribution >= 4 is 5.91 Å². The number of fused-ring (bicyclic) bond motifs is 4. The van der Waals surface area contributed by atoms with Gasteiger partial charge in [-0.05, 0) is 36.0 Å². The van der Waals surface area contributed by atoms with Crippen LogP contribution in [0.25, 0.3) is 0 Å². The molecule has 0 spiro atoms. The van der Waals surface area contributed by atoms with Crippen molar-refractivity contribution in [1.29, 1.82) is 0 Å². The molecule has 4 heterocycles. The molecule has 0 aromatic carbocycles. The predicted molar refractivity (Wildman–Crippen MR) is 95.8 cm³/mol. The summed E-state index contributed by atoms with van der Waals surface area (Å²) in [4.78, 5) is 31.3. The molecular weight excluding hydrogens is 314 g/mol. The molecule has 0 unspecified atom stereocenters. The molecule has 1 amide bonds. The fraction of sp³-hybridized carbons (Fsp3) is 0.450. The number of carbonyl (C=O) groups excluding carboxylic acids is 1. The van der Waals surface area contributed by atoms with Crippen molar-refractivity contribution in [1.82, 2.24) is 14.5 Å². The van der Waals surface area contributed by atoms with Crippen LogP contribution in [0.4, 0.5) is 0 Å². The Morgan fingerprint density at radius 1 is 1.16 bits per heavy atom. The van der Waals surface area contributed by atoms with Gasteiger partial charge in [-0.3, -0.25) is 14.6 Å². The highest BCUT2D eigenvalue weighted by molar-refractivity contribution is 5.92. The third-order valence-electron chi connectivity index (χ3n) is 5.44. The minimum Gasteiger partial charge on any atom is -0.336 e. The molecule has 5 heteroatoms. The number of likely N-dealkylation sites (tertiary alicyclic amines) is 1. The predicted octanol–water partition coefficient (Wildman–Crippen LogP) is 2.63. The first-order valence-corrected chi connectivity index (χ1v) is 8.98. The summed E-state index contributed by atoms with van der Waals surface area (Å²) in [5.41, 5.74) is 2.78. The molecule has 0 aliphatic carbocycles. The van der Waals surface area contributed by atoms with E-state index in [1.165, 1.54) is 0 Å². The number of carbonyl (C=O) groups is 1. The van der Waals surface area contributed by atoms with E-state index in [1.807, 2.05) is 33.7 Å². The Bertz CT molecular complexity index is 854. The Balaban J connectivity index is 1.57. The van der Waals surface area contributed by atoms with Crippen LogP contribution in [0.15, 0.2) is 41.3 Å². The highest BCUT2D eigenvalue weighted by atomic mass is 16.2. The van der Waals surface area contributed by atoms with Gasteiger partial charge in [0.15, 0.2) is 0 Å². The second-order valence-electron chi connectivity index (χ2n) is 7.54. The molecule has 2 atom stereocenters. The van der Waals surface area contributed by atoms with Crippen LogP contribution in [-0.2, 0) is 6.54 Å². The molecule has 1 fully saturated rings. The fourth-order valence-corrected chi connectivity index (χ4v) is 4.10. The molecule has 4 rings (SSSR count). The largest absolute Gasteiger partial charge is 0.336 e. The molecule has 2 aliphatic rings. The summed E-state index contributed by atoms with van der Waals surface area (Å²) in [6.07, 6.45) is 2.85. The Morgan fingerprint density at radius 3 is 2.72 bits per heavy atom. The van der Waals surface area contributed by atoms with E-state index in [0.717, 1.165) is 17.7 Å². The highest BCUT2D eigenvalue weighted by Gasteiger charge is 2.36. The molecule has 2 aliphatic heterocycles. The number of hydrogen-bond acceptors (Lipinski definition) is 3. The average molecular weight is 337 g/mol. The fourth-order valence-electron chi connectivity index (χ4n) is 4.10. The van der Waals surface area contributed by atoms with Crippen LogP contribution in [-0.4, -0.2) is 33.4 Å². The van der Waals surface area contributed by atoms with Gasteiger partial charge < -0.3 is 9.47 Å². The lowest BCUT2D eigenvalue weighted by molar-refractivity contribution is 0.0588. The molecule has 1 saturated heterocycles. The van der Waals surface area contributed by atoms with Gasteiger partial charge >= 0.3 is 0 Å². The number of aromatic nitrogens is 2. The van der Waals surface area contributed by atoms with Gasteiger partial charge in [-0.1, -0.05) is 26.0 Å². The number of pyridine rings is 2. The van der Waals surface area contributed by atoms with Crippen molar-refractivity contribution < 1.29 is 4.79 Å². The Morgan fingerprint density at radius 2 is 2.00 bits per heavy atom. The standard InChI is InChI=1S/C20H23N3O2/c1-13(2)15-6-7-17(21-9-15)20(25)22-10-14-8-16(12-22)18-4-3-5-19(24)23(18)11-14/h3-7,9,13-14,16H,8,10-12H2,1-2H3/t14-,16+/m0/s1. The summed E-state index contributed by atoms with van der Waals surface area (Å²) in [6.45, 7) is 6.29. The molecule has 5 nitrogen and oxygen atoms in total. The molecule has 2 bridgehead atoms. The first-order chi connectivity index (χ1) is 12.0. The van der Waals surface area contributed by atoms with E-state index in [2.05, 4.69) is 18.8 Å². The van der Waals surface area contributed by atoms with Crippen LogP contribution in [0, 0.1) is 5.92 Å². The van der Waals surface area contributed by atoms with Crippen LogP contribution in [0.2, 0.25) is 0 Å². The van der Waals surface area contributed by atoms with Crippen molar-refractivity contribution in [3.63, 3.8) is 0 Å². The lowest BCUT2D eigenvalue weighted by Gasteiger charge is -2.42. The van der Waals surface area contributed by atoms with E-state index < -0.39 is 0 Å². The molecule has 2 aromatic heterocycles. The highest BCUT2D eigenvalue weighted by Crippen LogP contribution is 2.35. The zero-order valence-electron chi connectivity index (χ0n) is 14.7. The second kappa shape index (κ2) is 6.14. The topological polar surface area (TPSA) is 55.2 Å². The van der Waals surface area contributed by atoms with Crippen LogP contribution in [0.5, 0.6) is 0 Å². The minimum atomic E-state index is -0.00302. The molecular formula is C20H23N3O2. The zero-order valence-corrected chi connectivity index (χ0v) is 14.7. The number of piperidine rings is 1. The molecule has 2 aromatic rings. The zero-order chi connectivity index (χ0) is 17.6. The van der Waals surface area contributed by atoms with E-state index in [1.54, 1.807) is 12.3 Å². The summed E-state index contributed by atoms with van der Waals surface area (Å²) in [5.74, 6) is 0.975. The van der Waals surface area contributed by atoms with Crippen LogP contribution in [0.1, 0.15) is 53.8 Å². The van der Waals surface area contributed by atoms with Gasteiger partial charge in [-0.2, -0.15) is 0 Å². The van der Waals surface area contributed by atoms with Crippen LogP contribution < -0.4 is 5.56 Å².